The molecule has 1 aromatic heterocycles. The van der Waals surface area contributed by atoms with Gasteiger partial charge >= 0.3 is 0 Å². The van der Waals surface area contributed by atoms with Gasteiger partial charge in [-0.1, -0.05) is 6.42 Å². The lowest BCUT2D eigenvalue weighted by Gasteiger charge is -2.25. The molecule has 3 rings (SSSR count). The van der Waals surface area contributed by atoms with Crippen molar-refractivity contribution in [3.8, 4) is 0 Å². The monoisotopic (exact) mass is 279 g/mol. The molecule has 0 saturated heterocycles. The van der Waals surface area contributed by atoms with Gasteiger partial charge in [-0.2, -0.15) is 0 Å². The molecule has 0 radical (unpaired) electrons. The first-order valence-electron chi connectivity index (χ1n) is 7.26. The first-order chi connectivity index (χ1) is 9.70. The van der Waals surface area contributed by atoms with Crippen molar-refractivity contribution in [2.75, 3.05) is 6.54 Å². The van der Waals surface area contributed by atoms with Crippen LogP contribution in [0.15, 0.2) is 12.1 Å². The molecule has 20 heavy (non-hydrogen) atoms. The van der Waals surface area contributed by atoms with E-state index < -0.39 is 11.6 Å². The van der Waals surface area contributed by atoms with Gasteiger partial charge in [-0.15, -0.1) is 0 Å². The number of hydrogen-bond donors (Lipinski definition) is 1. The Hall–Kier alpha value is -1.49. The number of unbranched alkanes of at least 4 members (excludes halogenated alkanes) is 1. The Morgan fingerprint density at radius 3 is 2.60 bits per heavy atom. The van der Waals surface area contributed by atoms with Crippen molar-refractivity contribution in [3.05, 3.63) is 29.6 Å². The molecule has 0 unspecified atom stereocenters. The first kappa shape index (κ1) is 13.5. The molecule has 1 aromatic carbocycles. The SMILES string of the molecule is NCCCCn1c(C2CCC2)nc2cc(F)c(F)cc21. The summed E-state index contributed by atoms with van der Waals surface area (Å²) in [5.74, 6) is -0.221. The lowest BCUT2D eigenvalue weighted by atomic mass is 9.85. The maximum Gasteiger partial charge on any atom is 0.161 e. The summed E-state index contributed by atoms with van der Waals surface area (Å²) in [6, 6.07) is 2.47. The van der Waals surface area contributed by atoms with Crippen LogP contribution in [0.2, 0.25) is 0 Å². The summed E-state index contributed by atoms with van der Waals surface area (Å²) in [6.45, 7) is 1.42. The van der Waals surface area contributed by atoms with Crippen molar-refractivity contribution < 1.29 is 8.78 Å². The predicted octanol–water partition coefficient (Wildman–Crippen LogP) is 3.32. The molecule has 0 bridgehead atoms. The van der Waals surface area contributed by atoms with Crippen LogP contribution in [0, 0.1) is 11.6 Å². The zero-order valence-corrected chi connectivity index (χ0v) is 11.4. The summed E-state index contributed by atoms with van der Waals surface area (Å²) in [7, 11) is 0. The minimum absolute atomic E-state index is 0.436. The Kier molecular flexibility index (Phi) is 3.70. The van der Waals surface area contributed by atoms with Crippen molar-refractivity contribution in [2.24, 2.45) is 5.73 Å². The summed E-state index contributed by atoms with van der Waals surface area (Å²) in [6.07, 6.45) is 5.30. The molecular formula is C15H19F2N3. The maximum atomic E-state index is 13.5. The van der Waals surface area contributed by atoms with E-state index in [1.165, 1.54) is 18.6 Å². The summed E-state index contributed by atoms with van der Waals surface area (Å²) in [5, 5.41) is 0. The van der Waals surface area contributed by atoms with Crippen LogP contribution in [-0.4, -0.2) is 16.1 Å². The van der Waals surface area contributed by atoms with Gasteiger partial charge in [-0.25, -0.2) is 13.8 Å². The summed E-state index contributed by atoms with van der Waals surface area (Å²) < 4.78 is 28.9. The molecule has 0 amide bonds. The highest BCUT2D eigenvalue weighted by Gasteiger charge is 2.26. The number of rotatable bonds is 5. The Morgan fingerprint density at radius 2 is 1.95 bits per heavy atom. The summed E-state index contributed by atoms with van der Waals surface area (Å²) in [4.78, 5) is 4.54. The van der Waals surface area contributed by atoms with Crippen molar-refractivity contribution in [3.63, 3.8) is 0 Å². The Balaban J connectivity index is 2.03. The van der Waals surface area contributed by atoms with Crippen molar-refractivity contribution in [1.82, 2.24) is 9.55 Å². The van der Waals surface area contributed by atoms with Gasteiger partial charge in [0.1, 0.15) is 5.82 Å². The van der Waals surface area contributed by atoms with Crippen molar-refractivity contribution in [2.45, 2.75) is 44.6 Å². The fourth-order valence-corrected chi connectivity index (χ4v) is 2.77. The molecule has 1 aliphatic rings. The third-order valence-corrected chi connectivity index (χ3v) is 4.13. The van der Waals surface area contributed by atoms with Crippen LogP contribution in [0.5, 0.6) is 0 Å². The van der Waals surface area contributed by atoms with E-state index in [0.29, 0.717) is 23.5 Å². The van der Waals surface area contributed by atoms with Gasteiger partial charge in [0.25, 0.3) is 0 Å². The minimum atomic E-state index is -0.829. The van der Waals surface area contributed by atoms with Crippen LogP contribution in [-0.2, 0) is 6.54 Å². The Morgan fingerprint density at radius 1 is 1.20 bits per heavy atom. The molecular weight excluding hydrogens is 260 g/mol. The van der Waals surface area contributed by atoms with Crippen LogP contribution in [0.3, 0.4) is 0 Å². The van der Waals surface area contributed by atoms with E-state index in [4.69, 9.17) is 5.73 Å². The molecule has 1 saturated carbocycles. The topological polar surface area (TPSA) is 43.8 Å². The zero-order valence-electron chi connectivity index (χ0n) is 11.4. The quantitative estimate of drug-likeness (QED) is 0.853. The predicted molar refractivity (Wildman–Crippen MR) is 74.5 cm³/mol. The van der Waals surface area contributed by atoms with E-state index in [1.54, 1.807) is 0 Å². The molecule has 3 nitrogen and oxygen atoms in total. The molecule has 5 heteroatoms. The highest BCUT2D eigenvalue weighted by atomic mass is 19.2. The van der Waals surface area contributed by atoms with Crippen LogP contribution < -0.4 is 5.73 Å². The second-order valence-corrected chi connectivity index (χ2v) is 5.50. The van der Waals surface area contributed by atoms with E-state index in [9.17, 15) is 8.78 Å². The van der Waals surface area contributed by atoms with E-state index in [1.807, 2.05) is 0 Å². The molecule has 1 heterocycles. The van der Waals surface area contributed by atoms with E-state index >= 15 is 0 Å². The number of nitrogens with two attached hydrogens (primary N) is 1. The highest BCUT2D eigenvalue weighted by molar-refractivity contribution is 5.76. The lowest BCUT2D eigenvalue weighted by molar-refractivity contribution is 0.386. The molecule has 1 aliphatic carbocycles. The summed E-state index contributed by atoms with van der Waals surface area (Å²) >= 11 is 0. The Labute approximate surface area is 116 Å². The average molecular weight is 279 g/mol. The largest absolute Gasteiger partial charge is 0.330 e. The molecule has 1 fully saturated rings. The minimum Gasteiger partial charge on any atom is -0.330 e. The fraction of sp³-hybridized carbons (Fsp3) is 0.533. The van der Waals surface area contributed by atoms with Gasteiger partial charge in [-0.3, -0.25) is 0 Å². The van der Waals surface area contributed by atoms with Gasteiger partial charge in [0.15, 0.2) is 11.6 Å². The zero-order chi connectivity index (χ0) is 14.1. The number of benzene rings is 1. The smallest absolute Gasteiger partial charge is 0.161 e. The van der Waals surface area contributed by atoms with Crippen molar-refractivity contribution >= 4 is 11.0 Å². The van der Waals surface area contributed by atoms with Crippen LogP contribution in [0.25, 0.3) is 11.0 Å². The van der Waals surface area contributed by atoms with E-state index in [-0.39, 0.29) is 0 Å². The van der Waals surface area contributed by atoms with Crippen LogP contribution in [0.4, 0.5) is 8.78 Å². The van der Waals surface area contributed by atoms with Crippen LogP contribution >= 0.6 is 0 Å². The number of imidazole rings is 1. The normalized spacial score (nSPS) is 15.8. The number of aromatic nitrogens is 2. The second-order valence-electron chi connectivity index (χ2n) is 5.50. The number of nitrogens with zero attached hydrogens (tertiary/aromatic N) is 2. The number of aryl methyl sites for hydroxylation is 1. The van der Waals surface area contributed by atoms with Crippen molar-refractivity contribution in [1.29, 1.82) is 0 Å². The van der Waals surface area contributed by atoms with E-state index in [0.717, 1.165) is 38.1 Å². The maximum absolute atomic E-state index is 13.5. The third-order valence-electron chi connectivity index (χ3n) is 4.13. The molecule has 108 valence electrons. The third kappa shape index (κ3) is 2.30. The van der Waals surface area contributed by atoms with Gasteiger partial charge in [0.05, 0.1) is 11.0 Å². The highest BCUT2D eigenvalue weighted by Crippen LogP contribution is 2.37. The molecule has 0 atom stereocenters. The molecule has 2 aromatic rings. The second kappa shape index (κ2) is 5.48. The number of hydrogen-bond acceptors (Lipinski definition) is 2. The van der Waals surface area contributed by atoms with Gasteiger partial charge < -0.3 is 10.3 Å². The number of halogens is 2. The average Bonchev–Trinajstić information content (AvgIpc) is 2.67. The lowest BCUT2D eigenvalue weighted by Crippen LogP contribution is -2.16. The van der Waals surface area contributed by atoms with Gasteiger partial charge in [0, 0.05) is 24.6 Å². The first-order valence-corrected chi connectivity index (χ1v) is 7.26. The van der Waals surface area contributed by atoms with Gasteiger partial charge in [0.2, 0.25) is 0 Å². The Bertz CT molecular complexity index is 617. The standard InChI is InChI=1S/C15H19F2N3/c16-11-8-13-14(9-12(11)17)20(7-2-1-6-18)15(19-13)10-4-3-5-10/h8-10H,1-7,18H2. The molecule has 2 N–H and O–H groups in total. The number of fused-ring (bicyclic) bond motifs is 1. The van der Waals surface area contributed by atoms with Gasteiger partial charge in [-0.05, 0) is 32.2 Å². The van der Waals surface area contributed by atoms with Crippen LogP contribution in [0.1, 0.15) is 43.8 Å². The fourth-order valence-electron chi connectivity index (χ4n) is 2.77. The molecule has 0 aliphatic heterocycles. The summed E-state index contributed by atoms with van der Waals surface area (Å²) in [5.41, 5.74) is 6.78. The molecule has 0 spiro atoms. The van der Waals surface area contributed by atoms with E-state index in [2.05, 4.69) is 9.55 Å².